The highest BCUT2D eigenvalue weighted by Crippen LogP contribution is 2.10. The molecule has 0 aliphatic carbocycles. The van der Waals surface area contributed by atoms with Gasteiger partial charge in [-0.15, -0.1) is 0 Å². The molecular weight excluding hydrogens is 134 g/mol. The lowest BCUT2D eigenvalue weighted by Crippen LogP contribution is -1.42. The van der Waals surface area contributed by atoms with Gasteiger partial charge < -0.3 is 5.48 Å². The molecule has 0 aromatic carbocycles. The average Bonchev–Trinajstić information content (AvgIpc) is 1.86. The van der Waals surface area contributed by atoms with E-state index in [-0.39, 0.29) is 5.48 Å². The van der Waals surface area contributed by atoms with Gasteiger partial charge >= 0.3 is 0 Å². The number of nitrogens with zero attached hydrogens (tertiary/aromatic N) is 1. The molecule has 39 valence electrons. The van der Waals surface area contributed by atoms with E-state index in [2.05, 4.69) is 10.5 Å². The SMILES string of the molecule is Clc1cn[c]s1.O. The van der Waals surface area contributed by atoms with Gasteiger partial charge in [-0.3, -0.25) is 0 Å². The van der Waals surface area contributed by atoms with Crippen molar-refractivity contribution in [2.45, 2.75) is 0 Å². The summed E-state index contributed by atoms with van der Waals surface area (Å²) >= 11 is 6.69. The first-order valence-corrected chi connectivity index (χ1v) is 2.56. The number of rotatable bonds is 0. The fourth-order valence-electron chi connectivity index (χ4n) is 0.173. The standard InChI is InChI=1S/C3HClNS.H2O/c4-3-1-5-2-6-3;/h1H;1H2. The molecule has 1 radical (unpaired) electrons. The minimum atomic E-state index is 0. The van der Waals surface area contributed by atoms with Crippen molar-refractivity contribution in [1.29, 1.82) is 0 Å². The maximum absolute atomic E-state index is 5.38. The van der Waals surface area contributed by atoms with Crippen LogP contribution in [0.15, 0.2) is 6.20 Å². The quantitative estimate of drug-likeness (QED) is 0.520. The van der Waals surface area contributed by atoms with E-state index < -0.39 is 0 Å². The topological polar surface area (TPSA) is 44.4 Å². The van der Waals surface area contributed by atoms with Crippen LogP contribution >= 0.6 is 22.9 Å². The highest BCUT2D eigenvalue weighted by atomic mass is 35.5. The summed E-state index contributed by atoms with van der Waals surface area (Å²) in [5.41, 5.74) is 2.59. The monoisotopic (exact) mass is 136 g/mol. The zero-order valence-electron chi connectivity index (χ0n) is 3.31. The predicted octanol–water partition coefficient (Wildman–Crippen LogP) is 0.772. The van der Waals surface area contributed by atoms with E-state index in [1.54, 1.807) is 6.20 Å². The van der Waals surface area contributed by atoms with Crippen LogP contribution in [0.2, 0.25) is 4.34 Å². The second-order valence-corrected chi connectivity index (χ2v) is 2.21. The van der Waals surface area contributed by atoms with Gasteiger partial charge in [-0.1, -0.05) is 22.9 Å². The van der Waals surface area contributed by atoms with Crippen LogP contribution in [0.3, 0.4) is 0 Å². The maximum atomic E-state index is 5.38. The summed E-state index contributed by atoms with van der Waals surface area (Å²) in [5, 5.41) is 0. The average molecular weight is 137 g/mol. The van der Waals surface area contributed by atoms with Gasteiger partial charge in [0.15, 0.2) is 5.51 Å². The normalized spacial score (nSPS) is 7.57. The summed E-state index contributed by atoms with van der Waals surface area (Å²) in [4.78, 5) is 3.58. The molecule has 1 heterocycles. The number of hydrogen-bond acceptors (Lipinski definition) is 2. The highest BCUT2D eigenvalue weighted by molar-refractivity contribution is 7.13. The zero-order chi connectivity index (χ0) is 4.41. The van der Waals surface area contributed by atoms with E-state index in [1.165, 1.54) is 11.3 Å². The van der Waals surface area contributed by atoms with E-state index in [0.29, 0.717) is 4.34 Å². The lowest BCUT2D eigenvalue weighted by atomic mass is 11.0. The van der Waals surface area contributed by atoms with Gasteiger partial charge in [-0.25, -0.2) is 4.98 Å². The molecule has 0 aliphatic heterocycles. The van der Waals surface area contributed by atoms with Gasteiger partial charge in [-0.2, -0.15) is 0 Å². The summed E-state index contributed by atoms with van der Waals surface area (Å²) in [5.74, 6) is 0. The Balaban J connectivity index is 0.000000360. The van der Waals surface area contributed by atoms with Crippen molar-refractivity contribution in [1.82, 2.24) is 4.98 Å². The van der Waals surface area contributed by atoms with Crippen molar-refractivity contribution in [3.63, 3.8) is 0 Å². The summed E-state index contributed by atoms with van der Waals surface area (Å²) < 4.78 is 0.690. The van der Waals surface area contributed by atoms with Crippen molar-refractivity contribution < 1.29 is 5.48 Å². The van der Waals surface area contributed by atoms with Gasteiger partial charge in [-0.05, 0) is 0 Å². The lowest BCUT2D eigenvalue weighted by molar-refractivity contribution is 0.824. The molecule has 1 rings (SSSR count). The molecule has 0 spiro atoms. The molecule has 0 saturated carbocycles. The molecule has 2 N–H and O–H groups in total. The van der Waals surface area contributed by atoms with Crippen LogP contribution in [0, 0.1) is 5.51 Å². The minimum absolute atomic E-state index is 0. The van der Waals surface area contributed by atoms with E-state index in [1.807, 2.05) is 0 Å². The number of thiazole rings is 1. The molecule has 1 aromatic rings. The smallest absolute Gasteiger partial charge is 0.153 e. The molecule has 0 fully saturated rings. The number of hydrogen-bond donors (Lipinski definition) is 0. The third kappa shape index (κ3) is 1.87. The second kappa shape index (κ2) is 2.96. The minimum Gasteiger partial charge on any atom is -0.412 e. The number of aromatic nitrogens is 1. The maximum Gasteiger partial charge on any atom is 0.153 e. The Morgan fingerprint density at radius 2 is 2.57 bits per heavy atom. The first kappa shape index (κ1) is 6.88. The second-order valence-electron chi connectivity index (χ2n) is 0.756. The molecular formula is C3H3ClNOS. The van der Waals surface area contributed by atoms with Crippen LogP contribution in [-0.2, 0) is 0 Å². The zero-order valence-corrected chi connectivity index (χ0v) is 4.88. The van der Waals surface area contributed by atoms with Crippen LogP contribution in [0.4, 0.5) is 0 Å². The van der Waals surface area contributed by atoms with Gasteiger partial charge in [0.1, 0.15) is 4.34 Å². The first-order valence-electron chi connectivity index (χ1n) is 1.37. The third-order valence-corrected chi connectivity index (χ3v) is 1.19. The van der Waals surface area contributed by atoms with Crippen LogP contribution in [0.5, 0.6) is 0 Å². The largest absolute Gasteiger partial charge is 0.412 e. The summed E-state index contributed by atoms with van der Waals surface area (Å²) in [6.45, 7) is 0. The Morgan fingerprint density at radius 1 is 1.86 bits per heavy atom. The van der Waals surface area contributed by atoms with Gasteiger partial charge in [0.05, 0.1) is 6.20 Å². The molecule has 1 aromatic heterocycles. The highest BCUT2D eigenvalue weighted by Gasteiger charge is 1.80. The van der Waals surface area contributed by atoms with Gasteiger partial charge in [0.2, 0.25) is 0 Å². The molecule has 0 bridgehead atoms. The van der Waals surface area contributed by atoms with E-state index in [4.69, 9.17) is 11.6 Å². The Hall–Kier alpha value is -0.120. The number of halogens is 1. The van der Waals surface area contributed by atoms with Crippen molar-refractivity contribution in [3.05, 3.63) is 16.0 Å². The lowest BCUT2D eigenvalue weighted by Gasteiger charge is -1.59. The molecule has 7 heavy (non-hydrogen) atoms. The molecule has 0 atom stereocenters. The van der Waals surface area contributed by atoms with Crippen molar-refractivity contribution in [3.8, 4) is 0 Å². The Bertz CT molecular complexity index is 118. The Kier molecular flexibility index (Phi) is 2.91. The molecule has 2 nitrogen and oxygen atoms in total. The Morgan fingerprint density at radius 3 is 2.71 bits per heavy atom. The first-order chi connectivity index (χ1) is 2.89. The van der Waals surface area contributed by atoms with Crippen LogP contribution < -0.4 is 0 Å². The van der Waals surface area contributed by atoms with Gasteiger partial charge in [0, 0.05) is 0 Å². The van der Waals surface area contributed by atoms with Crippen LogP contribution in [-0.4, -0.2) is 10.5 Å². The third-order valence-electron chi connectivity index (χ3n) is 0.362. The molecule has 0 unspecified atom stereocenters. The molecule has 4 heteroatoms. The summed E-state index contributed by atoms with van der Waals surface area (Å²) in [6.07, 6.45) is 1.56. The van der Waals surface area contributed by atoms with Crippen molar-refractivity contribution >= 4 is 22.9 Å². The molecule has 0 saturated heterocycles. The fraction of sp³-hybridized carbons (Fsp3) is 0. The van der Waals surface area contributed by atoms with Crippen molar-refractivity contribution in [2.24, 2.45) is 0 Å². The predicted molar refractivity (Wildman–Crippen MR) is 29.6 cm³/mol. The molecule has 0 aliphatic rings. The van der Waals surface area contributed by atoms with Gasteiger partial charge in [0.25, 0.3) is 0 Å². The van der Waals surface area contributed by atoms with E-state index in [0.717, 1.165) is 0 Å². The van der Waals surface area contributed by atoms with E-state index >= 15 is 0 Å². The fourth-order valence-corrected chi connectivity index (χ4v) is 0.624. The summed E-state index contributed by atoms with van der Waals surface area (Å²) in [7, 11) is 0. The Labute approximate surface area is 50.1 Å². The summed E-state index contributed by atoms with van der Waals surface area (Å²) in [6, 6.07) is 0. The van der Waals surface area contributed by atoms with Crippen LogP contribution in [0.1, 0.15) is 0 Å². The van der Waals surface area contributed by atoms with Crippen LogP contribution in [0.25, 0.3) is 0 Å². The van der Waals surface area contributed by atoms with Crippen molar-refractivity contribution in [2.75, 3.05) is 0 Å². The van der Waals surface area contributed by atoms with E-state index in [9.17, 15) is 0 Å². The molecule has 0 amide bonds.